The molecule has 1 atom stereocenters. The normalized spacial score (nSPS) is 18.7. The van der Waals surface area contributed by atoms with Gasteiger partial charge in [0.1, 0.15) is 0 Å². The Morgan fingerprint density at radius 2 is 1.63 bits per heavy atom. The van der Waals surface area contributed by atoms with Gasteiger partial charge in [-0.15, -0.1) is 0 Å². The van der Waals surface area contributed by atoms with Crippen LogP contribution < -0.4 is 11.1 Å². The second-order valence-electron chi connectivity index (χ2n) is 6.11. The zero-order chi connectivity index (χ0) is 13.7. The Labute approximate surface area is 117 Å². The minimum absolute atomic E-state index is 0.310. The number of nitrogens with one attached hydrogen (secondary N) is 1. The third-order valence-corrected chi connectivity index (χ3v) is 4.28. The summed E-state index contributed by atoms with van der Waals surface area (Å²) in [6.07, 6.45) is 6.73. The van der Waals surface area contributed by atoms with E-state index in [1.807, 2.05) is 0 Å². The fraction of sp³-hybridized carbons (Fsp3) is 0.647. The summed E-state index contributed by atoms with van der Waals surface area (Å²) in [5.41, 5.74) is 8.69. The van der Waals surface area contributed by atoms with Gasteiger partial charge in [0.25, 0.3) is 0 Å². The molecule has 0 aromatic heterocycles. The summed E-state index contributed by atoms with van der Waals surface area (Å²) in [7, 11) is 0. The Morgan fingerprint density at radius 1 is 1.05 bits per heavy atom. The van der Waals surface area contributed by atoms with E-state index in [-0.39, 0.29) is 0 Å². The first-order valence-electron chi connectivity index (χ1n) is 7.76. The summed E-state index contributed by atoms with van der Waals surface area (Å²) in [6, 6.07) is 9.93. The standard InChI is InChI=1S/C17H28N2/c1-13(2)14-8-10-15(11-9-14)17(12-18)19-16-6-4-3-5-7-16/h8-11,13,16-17,19H,3-7,12,18H2,1-2H3. The van der Waals surface area contributed by atoms with Crippen LogP contribution >= 0.6 is 0 Å². The molecule has 1 unspecified atom stereocenters. The van der Waals surface area contributed by atoms with Crippen molar-refractivity contribution in [2.45, 2.75) is 64.0 Å². The van der Waals surface area contributed by atoms with E-state index in [9.17, 15) is 0 Å². The molecule has 0 saturated heterocycles. The molecular weight excluding hydrogens is 232 g/mol. The van der Waals surface area contributed by atoms with Crippen molar-refractivity contribution in [2.24, 2.45) is 5.73 Å². The third kappa shape index (κ3) is 4.05. The molecule has 2 heteroatoms. The highest BCUT2D eigenvalue weighted by Crippen LogP contribution is 2.22. The first-order valence-corrected chi connectivity index (χ1v) is 7.76. The SMILES string of the molecule is CC(C)c1ccc(C(CN)NC2CCCCC2)cc1. The average Bonchev–Trinajstić information content (AvgIpc) is 2.46. The lowest BCUT2D eigenvalue weighted by molar-refractivity contribution is 0.340. The van der Waals surface area contributed by atoms with E-state index in [2.05, 4.69) is 43.4 Å². The molecule has 0 bridgehead atoms. The fourth-order valence-electron chi connectivity index (χ4n) is 2.97. The summed E-state index contributed by atoms with van der Waals surface area (Å²) in [5.74, 6) is 0.594. The highest BCUT2D eigenvalue weighted by molar-refractivity contribution is 5.27. The van der Waals surface area contributed by atoms with Crippen molar-refractivity contribution in [1.29, 1.82) is 0 Å². The van der Waals surface area contributed by atoms with Crippen molar-refractivity contribution >= 4 is 0 Å². The lowest BCUT2D eigenvalue weighted by Gasteiger charge is -2.28. The highest BCUT2D eigenvalue weighted by Gasteiger charge is 2.18. The molecule has 1 aromatic rings. The smallest absolute Gasteiger partial charge is 0.0446 e. The van der Waals surface area contributed by atoms with E-state index < -0.39 is 0 Å². The van der Waals surface area contributed by atoms with Crippen molar-refractivity contribution in [3.8, 4) is 0 Å². The van der Waals surface area contributed by atoms with Gasteiger partial charge in [0.15, 0.2) is 0 Å². The predicted octanol–water partition coefficient (Wildman–Crippen LogP) is 3.73. The number of hydrogen-bond acceptors (Lipinski definition) is 2. The van der Waals surface area contributed by atoms with Gasteiger partial charge in [-0.25, -0.2) is 0 Å². The van der Waals surface area contributed by atoms with Gasteiger partial charge in [0.05, 0.1) is 0 Å². The second-order valence-corrected chi connectivity index (χ2v) is 6.11. The van der Waals surface area contributed by atoms with Crippen molar-refractivity contribution < 1.29 is 0 Å². The van der Waals surface area contributed by atoms with Gasteiger partial charge in [-0.05, 0) is 29.9 Å². The first-order chi connectivity index (χ1) is 9.20. The summed E-state index contributed by atoms with van der Waals surface area (Å²) < 4.78 is 0. The summed E-state index contributed by atoms with van der Waals surface area (Å²) >= 11 is 0. The Hall–Kier alpha value is -0.860. The number of hydrogen-bond donors (Lipinski definition) is 2. The van der Waals surface area contributed by atoms with Gasteiger partial charge in [0, 0.05) is 18.6 Å². The second kappa shape index (κ2) is 7.06. The van der Waals surface area contributed by atoms with Gasteiger partial charge in [0.2, 0.25) is 0 Å². The van der Waals surface area contributed by atoms with E-state index in [0.717, 1.165) is 0 Å². The fourth-order valence-corrected chi connectivity index (χ4v) is 2.97. The Bertz CT molecular complexity index is 363. The molecule has 3 N–H and O–H groups in total. The number of benzene rings is 1. The molecule has 0 amide bonds. The molecular formula is C17H28N2. The van der Waals surface area contributed by atoms with E-state index >= 15 is 0 Å². The molecule has 2 rings (SSSR count). The molecule has 1 saturated carbocycles. The van der Waals surface area contributed by atoms with Gasteiger partial charge in [-0.2, -0.15) is 0 Å². The topological polar surface area (TPSA) is 38.0 Å². The Morgan fingerprint density at radius 3 is 2.16 bits per heavy atom. The molecule has 0 heterocycles. The van der Waals surface area contributed by atoms with Crippen LogP contribution in [0.1, 0.15) is 69.0 Å². The molecule has 0 aliphatic heterocycles. The van der Waals surface area contributed by atoms with Crippen LogP contribution in [0.3, 0.4) is 0 Å². The van der Waals surface area contributed by atoms with Crippen molar-refractivity contribution in [3.05, 3.63) is 35.4 Å². The van der Waals surface area contributed by atoms with Crippen LogP contribution in [0.15, 0.2) is 24.3 Å². The monoisotopic (exact) mass is 260 g/mol. The predicted molar refractivity (Wildman–Crippen MR) is 82.3 cm³/mol. The lowest BCUT2D eigenvalue weighted by Crippen LogP contribution is -2.37. The van der Waals surface area contributed by atoms with Gasteiger partial charge < -0.3 is 11.1 Å². The molecule has 106 valence electrons. The summed E-state index contributed by atoms with van der Waals surface area (Å²) in [6.45, 7) is 5.14. The molecule has 1 fully saturated rings. The zero-order valence-electron chi connectivity index (χ0n) is 12.4. The average molecular weight is 260 g/mol. The van der Waals surface area contributed by atoms with Crippen molar-refractivity contribution in [1.82, 2.24) is 5.32 Å². The molecule has 1 aliphatic carbocycles. The van der Waals surface area contributed by atoms with Crippen LogP contribution in [0.5, 0.6) is 0 Å². The Kier molecular flexibility index (Phi) is 5.41. The summed E-state index contributed by atoms with van der Waals surface area (Å²) in [5, 5.41) is 3.75. The minimum Gasteiger partial charge on any atom is -0.329 e. The van der Waals surface area contributed by atoms with Crippen LogP contribution in [0, 0.1) is 0 Å². The van der Waals surface area contributed by atoms with E-state index in [0.29, 0.717) is 24.5 Å². The molecule has 2 nitrogen and oxygen atoms in total. The van der Waals surface area contributed by atoms with Crippen LogP contribution in [-0.4, -0.2) is 12.6 Å². The lowest BCUT2D eigenvalue weighted by atomic mass is 9.93. The van der Waals surface area contributed by atoms with Crippen LogP contribution in [0.25, 0.3) is 0 Å². The molecule has 0 spiro atoms. The van der Waals surface area contributed by atoms with E-state index in [1.54, 1.807) is 0 Å². The number of nitrogens with two attached hydrogens (primary N) is 1. The maximum absolute atomic E-state index is 5.96. The van der Waals surface area contributed by atoms with Crippen LogP contribution in [0.4, 0.5) is 0 Å². The maximum atomic E-state index is 5.96. The maximum Gasteiger partial charge on any atom is 0.0446 e. The Balaban J connectivity index is 1.99. The number of rotatable bonds is 5. The van der Waals surface area contributed by atoms with Crippen molar-refractivity contribution in [3.63, 3.8) is 0 Å². The van der Waals surface area contributed by atoms with E-state index in [4.69, 9.17) is 5.73 Å². The van der Waals surface area contributed by atoms with E-state index in [1.165, 1.54) is 43.2 Å². The molecule has 1 aliphatic rings. The summed E-state index contributed by atoms with van der Waals surface area (Å²) in [4.78, 5) is 0. The van der Waals surface area contributed by atoms with Crippen LogP contribution in [0.2, 0.25) is 0 Å². The van der Waals surface area contributed by atoms with Gasteiger partial charge >= 0.3 is 0 Å². The largest absolute Gasteiger partial charge is 0.329 e. The van der Waals surface area contributed by atoms with Gasteiger partial charge in [-0.3, -0.25) is 0 Å². The quantitative estimate of drug-likeness (QED) is 0.846. The first kappa shape index (κ1) is 14.5. The molecule has 19 heavy (non-hydrogen) atoms. The zero-order valence-corrected chi connectivity index (χ0v) is 12.4. The van der Waals surface area contributed by atoms with Crippen molar-refractivity contribution in [2.75, 3.05) is 6.54 Å². The molecule has 0 radical (unpaired) electrons. The van der Waals surface area contributed by atoms with Gasteiger partial charge in [-0.1, -0.05) is 57.4 Å². The molecule has 1 aromatic carbocycles. The third-order valence-electron chi connectivity index (χ3n) is 4.28. The highest BCUT2D eigenvalue weighted by atomic mass is 15.0. The minimum atomic E-state index is 0.310. The van der Waals surface area contributed by atoms with Crippen LogP contribution in [-0.2, 0) is 0 Å².